The van der Waals surface area contributed by atoms with Crippen molar-refractivity contribution in [3.8, 4) is 11.4 Å². The molecule has 1 amide bonds. The Morgan fingerprint density at radius 3 is 2.40 bits per heavy atom. The first-order chi connectivity index (χ1) is 12.0. The Morgan fingerprint density at radius 1 is 1.08 bits per heavy atom. The molecule has 0 fully saturated rings. The van der Waals surface area contributed by atoms with Crippen LogP contribution in [-0.4, -0.2) is 26.1 Å². The van der Waals surface area contributed by atoms with Gasteiger partial charge in [-0.05, 0) is 35.4 Å². The molecular formula is C18H18ClN5O. The predicted octanol–water partition coefficient (Wildman–Crippen LogP) is 3.83. The van der Waals surface area contributed by atoms with E-state index in [2.05, 4.69) is 20.7 Å². The van der Waals surface area contributed by atoms with E-state index in [9.17, 15) is 4.79 Å². The maximum Gasteiger partial charge on any atom is 0.251 e. The van der Waals surface area contributed by atoms with Crippen molar-refractivity contribution in [1.82, 2.24) is 20.2 Å². The summed E-state index contributed by atoms with van der Waals surface area (Å²) in [5.74, 6) is 0.282. The minimum Gasteiger partial charge on any atom is -0.324 e. The van der Waals surface area contributed by atoms with Gasteiger partial charge in [0.25, 0.3) is 5.91 Å². The third kappa shape index (κ3) is 4.03. The van der Waals surface area contributed by atoms with Crippen molar-refractivity contribution in [3.05, 3.63) is 59.6 Å². The van der Waals surface area contributed by atoms with Gasteiger partial charge in [-0.3, -0.25) is 4.79 Å². The lowest BCUT2D eigenvalue weighted by Crippen LogP contribution is -2.31. The van der Waals surface area contributed by atoms with Crippen molar-refractivity contribution in [1.29, 1.82) is 0 Å². The zero-order valence-electron chi connectivity index (χ0n) is 13.9. The van der Waals surface area contributed by atoms with Gasteiger partial charge >= 0.3 is 0 Å². The summed E-state index contributed by atoms with van der Waals surface area (Å²) >= 11 is 5.87. The molecule has 3 rings (SSSR count). The van der Waals surface area contributed by atoms with E-state index in [-0.39, 0.29) is 11.8 Å². The van der Waals surface area contributed by atoms with Crippen LogP contribution in [-0.2, 0) is 4.79 Å². The van der Waals surface area contributed by atoms with Crippen molar-refractivity contribution in [2.75, 3.05) is 5.32 Å². The van der Waals surface area contributed by atoms with Crippen molar-refractivity contribution < 1.29 is 4.79 Å². The van der Waals surface area contributed by atoms with Crippen molar-refractivity contribution in [3.63, 3.8) is 0 Å². The number of rotatable bonds is 5. The van der Waals surface area contributed by atoms with Gasteiger partial charge in [-0.15, -0.1) is 10.2 Å². The number of hydrogen-bond donors (Lipinski definition) is 1. The van der Waals surface area contributed by atoms with E-state index in [1.165, 1.54) is 4.80 Å². The topological polar surface area (TPSA) is 72.7 Å². The minimum absolute atomic E-state index is 0.00914. The Bertz CT molecular complexity index is 845. The van der Waals surface area contributed by atoms with Crippen LogP contribution in [0, 0.1) is 5.92 Å². The van der Waals surface area contributed by atoms with Crippen molar-refractivity contribution in [2.24, 2.45) is 5.92 Å². The Morgan fingerprint density at radius 2 is 1.76 bits per heavy atom. The molecule has 0 saturated heterocycles. The van der Waals surface area contributed by atoms with Gasteiger partial charge in [0.15, 0.2) is 6.04 Å². The highest BCUT2D eigenvalue weighted by molar-refractivity contribution is 6.30. The van der Waals surface area contributed by atoms with E-state index in [0.29, 0.717) is 16.5 Å². The molecule has 6 nitrogen and oxygen atoms in total. The zero-order chi connectivity index (χ0) is 17.8. The molecule has 0 radical (unpaired) electrons. The second kappa shape index (κ2) is 7.44. The maximum absolute atomic E-state index is 12.7. The maximum atomic E-state index is 12.7. The fourth-order valence-electron chi connectivity index (χ4n) is 2.47. The lowest BCUT2D eigenvalue weighted by molar-refractivity contribution is -0.121. The highest BCUT2D eigenvalue weighted by Crippen LogP contribution is 2.21. The molecule has 1 heterocycles. The van der Waals surface area contributed by atoms with Crippen LogP contribution in [0.4, 0.5) is 5.69 Å². The number of halogens is 1. The third-order valence-corrected chi connectivity index (χ3v) is 3.97. The van der Waals surface area contributed by atoms with E-state index < -0.39 is 6.04 Å². The monoisotopic (exact) mass is 355 g/mol. The number of carbonyl (C=O) groups excluding carboxylic acids is 1. The second-order valence-corrected chi connectivity index (χ2v) is 6.42. The molecule has 0 aliphatic rings. The Kier molecular flexibility index (Phi) is 5.09. The van der Waals surface area contributed by atoms with Crippen LogP contribution in [0.15, 0.2) is 54.6 Å². The number of hydrogen-bond acceptors (Lipinski definition) is 4. The largest absolute Gasteiger partial charge is 0.324 e. The number of nitrogens with one attached hydrogen (secondary N) is 1. The summed E-state index contributed by atoms with van der Waals surface area (Å²) in [5, 5.41) is 16.0. The molecule has 0 spiro atoms. The van der Waals surface area contributed by atoms with Gasteiger partial charge in [-0.1, -0.05) is 55.8 Å². The Balaban J connectivity index is 1.82. The summed E-state index contributed by atoms with van der Waals surface area (Å²) in [5.41, 5.74) is 1.53. The first-order valence-electron chi connectivity index (χ1n) is 7.96. The molecule has 25 heavy (non-hydrogen) atoms. The molecule has 0 aliphatic carbocycles. The van der Waals surface area contributed by atoms with Crippen molar-refractivity contribution >= 4 is 23.2 Å². The van der Waals surface area contributed by atoms with E-state index >= 15 is 0 Å². The van der Waals surface area contributed by atoms with E-state index in [1.54, 1.807) is 24.3 Å². The van der Waals surface area contributed by atoms with Crippen LogP contribution in [0.3, 0.4) is 0 Å². The molecule has 1 unspecified atom stereocenters. The minimum atomic E-state index is -0.569. The van der Waals surface area contributed by atoms with Crippen LogP contribution >= 0.6 is 11.6 Å². The summed E-state index contributed by atoms with van der Waals surface area (Å²) in [6.45, 7) is 3.88. The fourth-order valence-corrected chi connectivity index (χ4v) is 2.60. The number of anilines is 1. The van der Waals surface area contributed by atoms with Crippen LogP contribution in [0.25, 0.3) is 11.4 Å². The number of aromatic nitrogens is 4. The lowest BCUT2D eigenvalue weighted by Gasteiger charge is -2.18. The summed E-state index contributed by atoms with van der Waals surface area (Å²) < 4.78 is 0. The van der Waals surface area contributed by atoms with Gasteiger partial charge in [-0.2, -0.15) is 4.80 Å². The average molecular weight is 356 g/mol. The Labute approximate surface area is 150 Å². The molecule has 0 aliphatic heterocycles. The van der Waals surface area contributed by atoms with Gasteiger partial charge in [0, 0.05) is 16.3 Å². The molecule has 7 heteroatoms. The first kappa shape index (κ1) is 17.1. The quantitative estimate of drug-likeness (QED) is 0.754. The van der Waals surface area contributed by atoms with Crippen LogP contribution in [0.2, 0.25) is 5.02 Å². The molecule has 1 aromatic heterocycles. The van der Waals surface area contributed by atoms with Gasteiger partial charge < -0.3 is 5.32 Å². The van der Waals surface area contributed by atoms with Crippen LogP contribution in [0.5, 0.6) is 0 Å². The lowest BCUT2D eigenvalue weighted by atomic mass is 10.0. The molecule has 0 bridgehead atoms. The molecule has 0 saturated carbocycles. The molecular weight excluding hydrogens is 338 g/mol. The summed E-state index contributed by atoms with van der Waals surface area (Å²) in [6, 6.07) is 15.9. The zero-order valence-corrected chi connectivity index (χ0v) is 14.7. The number of carbonyl (C=O) groups is 1. The normalized spacial score (nSPS) is 12.2. The van der Waals surface area contributed by atoms with E-state index in [4.69, 9.17) is 11.6 Å². The average Bonchev–Trinajstić information content (AvgIpc) is 3.07. The number of nitrogens with zero attached hydrogens (tertiary/aromatic N) is 4. The third-order valence-electron chi connectivity index (χ3n) is 3.72. The van der Waals surface area contributed by atoms with Gasteiger partial charge in [0.1, 0.15) is 0 Å². The summed E-state index contributed by atoms with van der Waals surface area (Å²) in [7, 11) is 0. The number of amides is 1. The van der Waals surface area contributed by atoms with E-state index in [0.717, 1.165) is 5.56 Å². The van der Waals surface area contributed by atoms with Crippen molar-refractivity contribution in [2.45, 2.75) is 19.9 Å². The van der Waals surface area contributed by atoms with Gasteiger partial charge in [-0.25, -0.2) is 0 Å². The molecule has 1 N–H and O–H groups in total. The molecule has 2 aromatic carbocycles. The standard InChI is InChI=1S/C18H18ClN5O/c1-12(2)16(18(25)20-15-10-8-14(19)9-11-15)24-22-17(21-23-24)13-6-4-3-5-7-13/h3-12,16H,1-2H3,(H,20,25). The number of benzene rings is 2. The van der Waals surface area contributed by atoms with E-state index in [1.807, 2.05) is 44.2 Å². The van der Waals surface area contributed by atoms with Crippen LogP contribution < -0.4 is 5.32 Å². The number of tetrazole rings is 1. The SMILES string of the molecule is CC(C)C(C(=O)Nc1ccc(Cl)cc1)n1nnc(-c2ccccc2)n1. The molecule has 128 valence electrons. The van der Waals surface area contributed by atoms with Crippen LogP contribution in [0.1, 0.15) is 19.9 Å². The highest BCUT2D eigenvalue weighted by atomic mass is 35.5. The van der Waals surface area contributed by atoms with Gasteiger partial charge in [0.05, 0.1) is 0 Å². The van der Waals surface area contributed by atoms with Gasteiger partial charge in [0.2, 0.25) is 5.82 Å². The first-order valence-corrected chi connectivity index (χ1v) is 8.34. The predicted molar refractivity (Wildman–Crippen MR) is 97.2 cm³/mol. The summed E-state index contributed by atoms with van der Waals surface area (Å²) in [6.07, 6.45) is 0. The summed E-state index contributed by atoms with van der Waals surface area (Å²) in [4.78, 5) is 14.1. The molecule has 3 aromatic rings. The fraction of sp³-hybridized carbons (Fsp3) is 0.222. The molecule has 1 atom stereocenters. The Hall–Kier alpha value is -2.73. The second-order valence-electron chi connectivity index (χ2n) is 5.98. The highest BCUT2D eigenvalue weighted by Gasteiger charge is 2.27. The smallest absolute Gasteiger partial charge is 0.251 e.